The number of nitrogen functional groups attached to an aromatic ring is 1. The molecule has 1 aliphatic heterocycles. The number of halogens is 1. The Morgan fingerprint density at radius 2 is 1.81 bits per heavy atom. The molecule has 1 fully saturated rings. The molecular weight excluding hydrogens is 370 g/mol. The number of non-ortho nitro benzene ring substituents is 1. The number of ether oxygens (including phenoxy) is 1. The van der Waals surface area contributed by atoms with Crippen LogP contribution in [0.1, 0.15) is 28.8 Å². The normalized spacial score (nSPS) is 14.3. The second-order valence-corrected chi connectivity index (χ2v) is 6.43. The van der Waals surface area contributed by atoms with Gasteiger partial charge in [-0.1, -0.05) is 6.07 Å². The minimum atomic E-state index is -0.438. The van der Waals surface area contributed by atoms with Crippen LogP contribution in [0.5, 0.6) is 5.75 Å². The third-order valence-corrected chi connectivity index (χ3v) is 4.57. The zero-order valence-electron chi connectivity index (χ0n) is 15.0. The Labute approximate surface area is 163 Å². The average Bonchev–Trinajstić information content (AvgIpc) is 2.64. The van der Waals surface area contributed by atoms with E-state index < -0.39 is 4.92 Å². The number of likely N-dealkylation sites (tertiary alicyclic amines) is 1. The van der Waals surface area contributed by atoms with E-state index in [1.807, 2.05) is 17.9 Å². The summed E-state index contributed by atoms with van der Waals surface area (Å²) in [7, 11) is 0. The second kappa shape index (κ2) is 8.73. The highest BCUT2D eigenvalue weighted by atomic mass is 35.5. The van der Waals surface area contributed by atoms with E-state index in [1.54, 1.807) is 24.3 Å². The number of rotatable bonds is 4. The number of carbonyl (C=O) groups is 1. The molecule has 0 atom stereocenters. The molecule has 8 heteroatoms. The summed E-state index contributed by atoms with van der Waals surface area (Å²) in [6.07, 6.45) is 1.41. The first-order chi connectivity index (χ1) is 12.4. The fourth-order valence-corrected chi connectivity index (χ4v) is 3.06. The van der Waals surface area contributed by atoms with Crippen LogP contribution in [0.25, 0.3) is 0 Å². The summed E-state index contributed by atoms with van der Waals surface area (Å²) in [6, 6.07) is 11.4. The smallest absolute Gasteiger partial charge is 0.269 e. The fourth-order valence-electron chi connectivity index (χ4n) is 3.06. The third-order valence-electron chi connectivity index (χ3n) is 4.57. The molecule has 1 aliphatic rings. The third kappa shape index (κ3) is 4.89. The van der Waals surface area contributed by atoms with Crippen molar-refractivity contribution in [1.82, 2.24) is 4.90 Å². The number of nitrogens with two attached hydrogens (primary N) is 1. The van der Waals surface area contributed by atoms with E-state index in [9.17, 15) is 14.9 Å². The van der Waals surface area contributed by atoms with Crippen molar-refractivity contribution in [2.45, 2.75) is 25.9 Å². The number of benzene rings is 2. The number of nitro benzene ring substituents is 1. The van der Waals surface area contributed by atoms with Gasteiger partial charge in [0.25, 0.3) is 11.6 Å². The maximum atomic E-state index is 12.7. The van der Waals surface area contributed by atoms with Crippen molar-refractivity contribution in [3.8, 4) is 5.75 Å². The molecule has 144 valence electrons. The number of amides is 1. The van der Waals surface area contributed by atoms with Crippen LogP contribution in [0.2, 0.25) is 0 Å². The van der Waals surface area contributed by atoms with Crippen LogP contribution in [0, 0.1) is 17.0 Å². The zero-order valence-corrected chi connectivity index (χ0v) is 15.8. The van der Waals surface area contributed by atoms with Crippen LogP contribution in [0.4, 0.5) is 11.4 Å². The molecule has 0 bridgehead atoms. The molecule has 0 unspecified atom stereocenters. The summed E-state index contributed by atoms with van der Waals surface area (Å²) in [5.74, 6) is 0.593. The Bertz CT molecular complexity index is 818. The minimum absolute atomic E-state index is 0. The number of nitro groups is 1. The molecule has 27 heavy (non-hydrogen) atoms. The predicted molar refractivity (Wildman–Crippen MR) is 105 cm³/mol. The van der Waals surface area contributed by atoms with Gasteiger partial charge in [-0.05, 0) is 36.8 Å². The molecule has 2 N–H and O–H groups in total. The lowest BCUT2D eigenvalue weighted by Crippen LogP contribution is -2.42. The topological polar surface area (TPSA) is 98.7 Å². The summed E-state index contributed by atoms with van der Waals surface area (Å²) in [5, 5.41) is 10.7. The van der Waals surface area contributed by atoms with Crippen LogP contribution >= 0.6 is 12.4 Å². The summed E-state index contributed by atoms with van der Waals surface area (Å²) in [5.41, 5.74) is 7.96. The van der Waals surface area contributed by atoms with Crippen LogP contribution in [0.15, 0.2) is 42.5 Å². The summed E-state index contributed by atoms with van der Waals surface area (Å²) >= 11 is 0. The van der Waals surface area contributed by atoms with Gasteiger partial charge in [0.15, 0.2) is 0 Å². The largest absolute Gasteiger partial charge is 0.490 e. The van der Waals surface area contributed by atoms with Gasteiger partial charge in [-0.3, -0.25) is 14.9 Å². The Morgan fingerprint density at radius 3 is 2.41 bits per heavy atom. The van der Waals surface area contributed by atoms with Gasteiger partial charge in [-0.15, -0.1) is 12.4 Å². The molecule has 0 aliphatic carbocycles. The summed E-state index contributed by atoms with van der Waals surface area (Å²) in [4.78, 5) is 24.8. The van der Waals surface area contributed by atoms with Crippen LogP contribution in [-0.4, -0.2) is 34.9 Å². The molecule has 7 nitrogen and oxygen atoms in total. The van der Waals surface area contributed by atoms with Crippen molar-refractivity contribution in [3.05, 3.63) is 63.7 Å². The highest BCUT2D eigenvalue weighted by Gasteiger charge is 2.25. The van der Waals surface area contributed by atoms with Crippen molar-refractivity contribution in [2.75, 3.05) is 18.8 Å². The van der Waals surface area contributed by atoms with Crippen LogP contribution in [0.3, 0.4) is 0 Å². The van der Waals surface area contributed by atoms with E-state index in [-0.39, 0.29) is 30.1 Å². The Morgan fingerprint density at radius 1 is 1.19 bits per heavy atom. The van der Waals surface area contributed by atoms with E-state index in [0.717, 1.165) is 5.56 Å². The van der Waals surface area contributed by atoms with Crippen LogP contribution < -0.4 is 10.5 Å². The monoisotopic (exact) mass is 391 g/mol. The van der Waals surface area contributed by atoms with Gasteiger partial charge in [0, 0.05) is 49.3 Å². The lowest BCUT2D eigenvalue weighted by Gasteiger charge is -2.32. The van der Waals surface area contributed by atoms with Crippen LogP contribution in [-0.2, 0) is 0 Å². The zero-order chi connectivity index (χ0) is 18.7. The highest BCUT2D eigenvalue weighted by Crippen LogP contribution is 2.23. The van der Waals surface area contributed by atoms with Gasteiger partial charge in [0.05, 0.1) is 4.92 Å². The molecule has 3 rings (SSSR count). The predicted octanol–water partition coefficient (Wildman–Crippen LogP) is 3.59. The van der Waals surface area contributed by atoms with E-state index in [4.69, 9.17) is 10.5 Å². The molecule has 1 amide bonds. The quantitative estimate of drug-likeness (QED) is 0.487. The van der Waals surface area contributed by atoms with E-state index in [2.05, 4.69) is 0 Å². The van der Waals surface area contributed by atoms with Crippen molar-refractivity contribution < 1.29 is 14.5 Å². The maximum Gasteiger partial charge on any atom is 0.269 e. The first-order valence-electron chi connectivity index (χ1n) is 8.50. The maximum absolute atomic E-state index is 12.7. The molecule has 0 radical (unpaired) electrons. The number of anilines is 1. The second-order valence-electron chi connectivity index (χ2n) is 6.43. The average molecular weight is 392 g/mol. The lowest BCUT2D eigenvalue weighted by atomic mass is 10.0. The standard InChI is InChI=1S/C19H21N3O4.ClH/c1-13-2-3-14(20)12-18(13)19(23)21-10-8-17(9-11-21)26-16-6-4-15(5-7-16)22(24)25;/h2-7,12,17H,8-11,20H2,1H3;1H. The molecule has 1 saturated heterocycles. The summed E-state index contributed by atoms with van der Waals surface area (Å²) < 4.78 is 5.89. The summed E-state index contributed by atoms with van der Waals surface area (Å²) in [6.45, 7) is 3.10. The van der Waals surface area contributed by atoms with E-state index in [0.29, 0.717) is 42.9 Å². The number of carbonyl (C=O) groups excluding carboxylic acids is 1. The molecule has 2 aromatic rings. The number of aryl methyl sites for hydroxylation is 1. The number of hydrogen-bond donors (Lipinski definition) is 1. The Hall–Kier alpha value is -2.80. The van der Waals surface area contributed by atoms with Gasteiger partial charge in [-0.25, -0.2) is 0 Å². The number of piperidine rings is 1. The molecule has 1 heterocycles. The van der Waals surface area contributed by atoms with Crippen molar-refractivity contribution >= 4 is 29.7 Å². The molecule has 0 spiro atoms. The minimum Gasteiger partial charge on any atom is -0.490 e. The van der Waals surface area contributed by atoms with E-state index in [1.165, 1.54) is 12.1 Å². The van der Waals surface area contributed by atoms with E-state index >= 15 is 0 Å². The van der Waals surface area contributed by atoms with Gasteiger partial charge < -0.3 is 15.4 Å². The molecule has 0 saturated carbocycles. The van der Waals surface area contributed by atoms with Crippen molar-refractivity contribution in [2.24, 2.45) is 0 Å². The van der Waals surface area contributed by atoms with Gasteiger partial charge in [-0.2, -0.15) is 0 Å². The van der Waals surface area contributed by atoms with Gasteiger partial charge in [0.1, 0.15) is 11.9 Å². The Kier molecular flexibility index (Phi) is 6.63. The first kappa shape index (κ1) is 20.5. The Balaban J connectivity index is 0.00000261. The number of hydrogen-bond acceptors (Lipinski definition) is 5. The SMILES string of the molecule is Cc1ccc(N)cc1C(=O)N1CCC(Oc2ccc([N+](=O)[O-])cc2)CC1.Cl. The van der Waals surface area contributed by atoms with Gasteiger partial charge in [0.2, 0.25) is 0 Å². The fraction of sp³-hybridized carbons (Fsp3) is 0.316. The lowest BCUT2D eigenvalue weighted by molar-refractivity contribution is -0.384. The molecular formula is C19H22ClN3O4. The first-order valence-corrected chi connectivity index (χ1v) is 8.50. The van der Waals surface area contributed by atoms with Crippen molar-refractivity contribution in [3.63, 3.8) is 0 Å². The molecule has 2 aromatic carbocycles. The van der Waals surface area contributed by atoms with Crippen molar-refractivity contribution in [1.29, 1.82) is 0 Å². The highest BCUT2D eigenvalue weighted by molar-refractivity contribution is 5.96. The van der Waals surface area contributed by atoms with Gasteiger partial charge >= 0.3 is 0 Å². The number of nitrogens with zero attached hydrogens (tertiary/aromatic N) is 2. The molecule has 0 aromatic heterocycles.